The second-order valence-electron chi connectivity index (χ2n) is 6.66. The van der Waals surface area contributed by atoms with Crippen LogP contribution in [-0.4, -0.2) is 12.2 Å². The summed E-state index contributed by atoms with van der Waals surface area (Å²) in [4.78, 5) is 4.84. The number of thioether (sulfide) groups is 1. The van der Waals surface area contributed by atoms with Crippen LogP contribution in [0.4, 0.5) is 5.69 Å². The van der Waals surface area contributed by atoms with Crippen LogP contribution in [0, 0.1) is 11.3 Å². The summed E-state index contributed by atoms with van der Waals surface area (Å²) in [6.07, 6.45) is 2.06. The maximum Gasteiger partial charge on any atom is 0.391 e. The predicted octanol–water partition coefficient (Wildman–Crippen LogP) is 5.27. The normalized spacial score (nSPS) is 14.3. The molecule has 0 fully saturated rings. The first-order valence-corrected chi connectivity index (χ1v) is 10.7. The third-order valence-electron chi connectivity index (χ3n) is 4.93. The van der Waals surface area contributed by atoms with Crippen LogP contribution in [0.5, 0.6) is 5.88 Å². The van der Waals surface area contributed by atoms with Crippen molar-refractivity contribution in [1.29, 1.82) is 5.26 Å². The summed E-state index contributed by atoms with van der Waals surface area (Å²) < 4.78 is 1.77. The summed E-state index contributed by atoms with van der Waals surface area (Å²) in [7, 11) is 2.04. The molecule has 0 unspecified atom stereocenters. The molecule has 0 bridgehead atoms. The molecule has 2 aromatic heterocycles. The van der Waals surface area contributed by atoms with Gasteiger partial charge in [0.05, 0.1) is 10.7 Å². The molecule has 1 aliphatic rings. The molecule has 0 spiro atoms. The lowest BCUT2D eigenvalue weighted by molar-refractivity contribution is -0.520. The summed E-state index contributed by atoms with van der Waals surface area (Å²) in [5.74, 6) is 0.156. The summed E-state index contributed by atoms with van der Waals surface area (Å²) in [5, 5.41) is 21.7. The molecule has 4 nitrogen and oxygen atoms in total. The van der Waals surface area contributed by atoms with Crippen molar-refractivity contribution in [3.63, 3.8) is 0 Å². The Morgan fingerprint density at radius 2 is 1.79 bits per heavy atom. The number of hydrogen-bond donors (Lipinski definition) is 1. The molecule has 140 valence electrons. The van der Waals surface area contributed by atoms with Crippen molar-refractivity contribution < 1.29 is 9.51 Å². The van der Waals surface area contributed by atoms with Crippen LogP contribution in [0.25, 0.3) is 21.3 Å². The molecule has 1 aliphatic heterocycles. The number of thiazole rings is 1. The first-order chi connectivity index (χ1) is 14.2. The van der Waals surface area contributed by atoms with E-state index in [4.69, 9.17) is 0 Å². The van der Waals surface area contributed by atoms with Crippen molar-refractivity contribution in [3.8, 4) is 22.4 Å². The molecule has 0 amide bonds. The smallest absolute Gasteiger partial charge is 0.391 e. The Balaban J connectivity index is 1.70. The van der Waals surface area contributed by atoms with Gasteiger partial charge in [0.1, 0.15) is 11.6 Å². The Morgan fingerprint density at radius 1 is 1.03 bits per heavy atom. The number of para-hydroxylation sites is 1. The van der Waals surface area contributed by atoms with Gasteiger partial charge in [-0.15, -0.1) is 4.40 Å². The standard InChI is InChI=1S/C23H15N3OS2/c1-25-18-9-5-6-10-19(18)28-20(25)13-17-12-11-16(14-24)23-26(17)22(27)21(29-23)15-7-3-2-4-8-15/h2-13H,1H3/p+1. The Bertz CT molecular complexity index is 1320. The molecule has 3 heterocycles. The minimum atomic E-state index is 0.156. The van der Waals surface area contributed by atoms with Crippen molar-refractivity contribution in [1.82, 2.24) is 0 Å². The van der Waals surface area contributed by atoms with E-state index < -0.39 is 0 Å². The second kappa shape index (κ2) is 6.96. The van der Waals surface area contributed by atoms with Crippen LogP contribution in [0.1, 0.15) is 11.3 Å². The molecular formula is C23H16N3OS2+. The fourth-order valence-electron chi connectivity index (χ4n) is 3.46. The average molecular weight is 415 g/mol. The van der Waals surface area contributed by atoms with Crippen LogP contribution in [0.2, 0.25) is 0 Å². The monoisotopic (exact) mass is 414 g/mol. The molecule has 2 aromatic carbocycles. The number of hydrogen-bond acceptors (Lipinski definition) is 5. The van der Waals surface area contributed by atoms with E-state index in [1.807, 2.05) is 61.6 Å². The van der Waals surface area contributed by atoms with Gasteiger partial charge in [-0.2, -0.15) is 5.26 Å². The lowest BCUT2D eigenvalue weighted by atomic mass is 10.2. The van der Waals surface area contributed by atoms with Crippen LogP contribution >= 0.6 is 23.1 Å². The molecular weight excluding hydrogens is 398 g/mol. The van der Waals surface area contributed by atoms with Crippen LogP contribution in [-0.2, 0) is 0 Å². The van der Waals surface area contributed by atoms with Gasteiger partial charge in [0.15, 0.2) is 4.88 Å². The first kappa shape index (κ1) is 17.8. The highest BCUT2D eigenvalue weighted by atomic mass is 32.2. The Labute approximate surface area is 176 Å². The predicted molar refractivity (Wildman–Crippen MR) is 118 cm³/mol. The molecule has 4 aromatic rings. The summed E-state index contributed by atoms with van der Waals surface area (Å²) in [5.41, 5.74) is 3.47. The van der Waals surface area contributed by atoms with Crippen molar-refractivity contribution in [3.05, 3.63) is 83.0 Å². The minimum absolute atomic E-state index is 0.156. The number of aromatic hydroxyl groups is 1. The van der Waals surface area contributed by atoms with Gasteiger partial charge in [-0.3, -0.25) is 0 Å². The fraction of sp³-hybridized carbons (Fsp3) is 0.0435. The molecule has 0 saturated carbocycles. The van der Waals surface area contributed by atoms with E-state index in [0.29, 0.717) is 5.56 Å². The Kier molecular flexibility index (Phi) is 4.27. The van der Waals surface area contributed by atoms with Crippen LogP contribution < -0.4 is 9.30 Å². The maximum absolute atomic E-state index is 11.1. The van der Waals surface area contributed by atoms with Gasteiger partial charge < -0.3 is 10.0 Å². The third-order valence-corrected chi connectivity index (χ3v) is 7.31. The van der Waals surface area contributed by atoms with Gasteiger partial charge in [-0.25, -0.2) is 0 Å². The van der Waals surface area contributed by atoms with E-state index >= 15 is 0 Å². The van der Waals surface area contributed by atoms with Gasteiger partial charge in [-0.05, 0) is 18.2 Å². The highest BCUT2D eigenvalue weighted by molar-refractivity contribution is 8.03. The number of benzene rings is 2. The molecule has 5 rings (SSSR count). The molecule has 6 heteroatoms. The van der Waals surface area contributed by atoms with Crippen molar-refractivity contribution >= 4 is 39.7 Å². The number of nitriles is 1. The zero-order chi connectivity index (χ0) is 20.0. The van der Waals surface area contributed by atoms with E-state index in [1.165, 1.54) is 16.2 Å². The zero-order valence-corrected chi connectivity index (χ0v) is 17.2. The summed E-state index contributed by atoms with van der Waals surface area (Å²) in [6, 6.07) is 24.0. The van der Waals surface area contributed by atoms with Gasteiger partial charge in [0, 0.05) is 29.6 Å². The van der Waals surface area contributed by atoms with Crippen LogP contribution in [0.3, 0.4) is 0 Å². The molecule has 0 radical (unpaired) electrons. The lowest BCUT2D eigenvalue weighted by Gasteiger charge is -2.12. The van der Waals surface area contributed by atoms with Gasteiger partial charge in [0.25, 0.3) is 4.83 Å². The topological polar surface area (TPSA) is 51.4 Å². The highest BCUT2D eigenvalue weighted by Crippen LogP contribution is 2.45. The number of rotatable bonds is 2. The van der Waals surface area contributed by atoms with Crippen molar-refractivity contribution in [2.75, 3.05) is 11.9 Å². The first-order valence-electron chi connectivity index (χ1n) is 9.06. The fourth-order valence-corrected chi connectivity index (χ4v) is 5.70. The summed E-state index contributed by atoms with van der Waals surface area (Å²) >= 11 is 3.13. The van der Waals surface area contributed by atoms with Gasteiger partial charge in [0.2, 0.25) is 5.69 Å². The van der Waals surface area contributed by atoms with Crippen LogP contribution in [0.15, 0.2) is 76.7 Å². The number of fused-ring (bicyclic) bond motifs is 2. The second-order valence-corrected chi connectivity index (χ2v) is 8.72. The Morgan fingerprint density at radius 3 is 2.55 bits per heavy atom. The molecule has 29 heavy (non-hydrogen) atoms. The molecule has 1 N–H and O–H groups in total. The van der Waals surface area contributed by atoms with E-state index in [1.54, 1.807) is 16.2 Å². The molecule has 0 saturated heterocycles. The Hall–Kier alpha value is -3.27. The SMILES string of the molecule is CN1/C(=C/c2ccc(C#N)c3sc(-c4ccccc4)c(O)[n+]23)Sc2ccccc21. The average Bonchev–Trinajstić information content (AvgIpc) is 3.27. The van der Waals surface area contributed by atoms with Gasteiger partial charge in [-0.1, -0.05) is 65.6 Å². The highest BCUT2D eigenvalue weighted by Gasteiger charge is 2.29. The number of nitrogens with zero attached hydrogens (tertiary/aromatic N) is 3. The summed E-state index contributed by atoms with van der Waals surface area (Å²) in [6.45, 7) is 0. The molecule has 0 atom stereocenters. The minimum Gasteiger partial charge on any atom is -0.458 e. The van der Waals surface area contributed by atoms with E-state index in [9.17, 15) is 10.4 Å². The molecule has 0 aliphatic carbocycles. The van der Waals surface area contributed by atoms with E-state index in [-0.39, 0.29) is 5.88 Å². The largest absolute Gasteiger partial charge is 0.458 e. The number of anilines is 1. The van der Waals surface area contributed by atoms with Gasteiger partial charge >= 0.3 is 5.88 Å². The van der Waals surface area contributed by atoms with Crippen molar-refractivity contribution in [2.24, 2.45) is 0 Å². The quantitative estimate of drug-likeness (QED) is 0.454. The maximum atomic E-state index is 11.1. The van der Waals surface area contributed by atoms with E-state index in [0.717, 1.165) is 31.7 Å². The van der Waals surface area contributed by atoms with E-state index in [2.05, 4.69) is 29.2 Å². The zero-order valence-electron chi connectivity index (χ0n) is 15.5. The van der Waals surface area contributed by atoms with Crippen molar-refractivity contribution in [2.45, 2.75) is 4.90 Å². The third kappa shape index (κ3) is 2.87. The lowest BCUT2D eigenvalue weighted by Crippen LogP contribution is -2.24. The number of aromatic nitrogens is 1. The number of pyridine rings is 1.